The van der Waals surface area contributed by atoms with Gasteiger partial charge in [0.15, 0.2) is 0 Å². The normalized spacial score (nSPS) is 10.9. The molecular weight excluding hydrogens is 234 g/mol. The van der Waals surface area contributed by atoms with Crippen molar-refractivity contribution in [3.05, 3.63) is 47.1 Å². The highest BCUT2D eigenvalue weighted by molar-refractivity contribution is 7.16. The van der Waals surface area contributed by atoms with Gasteiger partial charge in [0.25, 0.3) is 0 Å². The van der Waals surface area contributed by atoms with Gasteiger partial charge in [0, 0.05) is 27.7 Å². The molecule has 2 aromatic heterocycles. The summed E-state index contributed by atoms with van der Waals surface area (Å²) in [5.74, 6) is -0.931. The molecule has 86 valence electrons. The maximum absolute atomic E-state index is 10.4. The van der Waals surface area contributed by atoms with Gasteiger partial charge in [-0.2, -0.15) is 0 Å². The number of thiophene rings is 1. The lowest BCUT2D eigenvalue weighted by Crippen LogP contribution is -1.84. The quantitative estimate of drug-likeness (QED) is 0.845. The molecule has 4 heteroatoms. The van der Waals surface area contributed by atoms with Gasteiger partial charge < -0.3 is 5.11 Å². The van der Waals surface area contributed by atoms with Crippen molar-refractivity contribution in [1.29, 1.82) is 0 Å². The summed E-state index contributed by atoms with van der Waals surface area (Å²) in [6, 6.07) is 7.86. The number of carboxylic acid groups (broad SMARTS) is 1. The molecule has 0 fully saturated rings. The van der Waals surface area contributed by atoms with Crippen LogP contribution in [0.3, 0.4) is 0 Å². The van der Waals surface area contributed by atoms with Crippen LogP contribution in [0.5, 0.6) is 0 Å². The highest BCUT2D eigenvalue weighted by Crippen LogP contribution is 2.28. The lowest BCUT2D eigenvalue weighted by Gasteiger charge is -1.97. The predicted octanol–water partition coefficient (Wildman–Crippen LogP) is 3.22. The summed E-state index contributed by atoms with van der Waals surface area (Å²) >= 11 is 1.56. The molecule has 0 amide bonds. The molecule has 0 saturated heterocycles. The van der Waals surface area contributed by atoms with Crippen molar-refractivity contribution in [2.45, 2.75) is 6.92 Å². The Balaban J connectivity index is 2.27. The van der Waals surface area contributed by atoms with E-state index in [-0.39, 0.29) is 0 Å². The van der Waals surface area contributed by atoms with Gasteiger partial charge in [-0.25, -0.2) is 4.79 Å². The Hall–Kier alpha value is -1.94. The molecule has 0 aliphatic carbocycles. The van der Waals surface area contributed by atoms with Crippen molar-refractivity contribution < 1.29 is 9.90 Å². The second kappa shape index (κ2) is 4.93. The zero-order valence-electron chi connectivity index (χ0n) is 9.25. The van der Waals surface area contributed by atoms with Gasteiger partial charge in [0.2, 0.25) is 0 Å². The van der Waals surface area contributed by atoms with Crippen LogP contribution >= 0.6 is 11.3 Å². The average molecular weight is 245 g/mol. The largest absolute Gasteiger partial charge is 0.478 e. The number of hydrogen-bond acceptors (Lipinski definition) is 3. The first-order valence-corrected chi connectivity index (χ1v) is 5.91. The molecule has 1 N–H and O–H groups in total. The molecule has 0 aromatic carbocycles. The van der Waals surface area contributed by atoms with Gasteiger partial charge in [0.05, 0.1) is 0 Å². The Morgan fingerprint density at radius 2 is 2.24 bits per heavy atom. The number of pyridine rings is 1. The highest BCUT2D eigenvalue weighted by atomic mass is 32.1. The standard InChI is InChI=1S/C13H11NO2S/c1-9-8-10(6-7-14-9)12-4-2-11(17-12)3-5-13(15)16/h2-8H,1H3,(H,15,16). The van der Waals surface area contributed by atoms with Crippen LogP contribution in [0.4, 0.5) is 0 Å². The first-order chi connectivity index (χ1) is 8.15. The zero-order valence-corrected chi connectivity index (χ0v) is 10.1. The SMILES string of the molecule is Cc1cc(-c2ccc(C=CC(=O)O)s2)ccn1. The summed E-state index contributed by atoms with van der Waals surface area (Å²) in [6.07, 6.45) is 4.52. The maximum atomic E-state index is 10.4. The molecule has 0 aliphatic rings. The zero-order chi connectivity index (χ0) is 12.3. The Kier molecular flexibility index (Phi) is 3.35. The lowest BCUT2D eigenvalue weighted by molar-refractivity contribution is -0.131. The number of hydrogen-bond donors (Lipinski definition) is 1. The van der Waals surface area contributed by atoms with E-state index in [0.717, 1.165) is 27.1 Å². The van der Waals surface area contributed by atoms with Crippen molar-refractivity contribution >= 4 is 23.4 Å². The van der Waals surface area contributed by atoms with Gasteiger partial charge in [-0.3, -0.25) is 4.98 Å². The van der Waals surface area contributed by atoms with Gasteiger partial charge in [0.1, 0.15) is 0 Å². The van der Waals surface area contributed by atoms with E-state index in [1.165, 1.54) is 0 Å². The van der Waals surface area contributed by atoms with E-state index in [1.54, 1.807) is 23.6 Å². The summed E-state index contributed by atoms with van der Waals surface area (Å²) in [5.41, 5.74) is 2.08. The van der Waals surface area contributed by atoms with Gasteiger partial charge in [-0.15, -0.1) is 11.3 Å². The molecule has 0 spiro atoms. The number of rotatable bonds is 3. The number of carboxylic acids is 1. The highest BCUT2D eigenvalue weighted by Gasteiger charge is 2.01. The van der Waals surface area contributed by atoms with Gasteiger partial charge in [-0.05, 0) is 42.8 Å². The van der Waals surface area contributed by atoms with E-state index in [0.29, 0.717) is 0 Å². The van der Waals surface area contributed by atoms with E-state index >= 15 is 0 Å². The van der Waals surface area contributed by atoms with Gasteiger partial charge >= 0.3 is 5.97 Å². The molecule has 0 atom stereocenters. The van der Waals surface area contributed by atoms with E-state index < -0.39 is 5.97 Å². The van der Waals surface area contributed by atoms with Crippen LogP contribution in [0.25, 0.3) is 16.5 Å². The molecule has 0 unspecified atom stereocenters. The molecule has 3 nitrogen and oxygen atoms in total. The summed E-state index contributed by atoms with van der Waals surface area (Å²) in [6.45, 7) is 1.95. The Morgan fingerprint density at radius 3 is 2.94 bits per heavy atom. The molecule has 0 aliphatic heterocycles. The summed E-state index contributed by atoms with van der Waals surface area (Å²) in [4.78, 5) is 16.6. The molecular formula is C13H11NO2S. The first-order valence-electron chi connectivity index (χ1n) is 5.09. The van der Waals surface area contributed by atoms with Crippen LogP contribution in [0, 0.1) is 6.92 Å². The second-order valence-electron chi connectivity index (χ2n) is 3.56. The Bertz CT molecular complexity index is 572. The van der Waals surface area contributed by atoms with Crippen LogP contribution in [0.15, 0.2) is 36.5 Å². The van der Waals surface area contributed by atoms with Crippen molar-refractivity contribution in [3.8, 4) is 10.4 Å². The molecule has 0 radical (unpaired) electrons. The Morgan fingerprint density at radius 1 is 1.41 bits per heavy atom. The predicted molar refractivity (Wildman–Crippen MR) is 69.0 cm³/mol. The second-order valence-corrected chi connectivity index (χ2v) is 4.67. The van der Waals surface area contributed by atoms with Crippen molar-refractivity contribution in [2.75, 3.05) is 0 Å². The minimum Gasteiger partial charge on any atom is -0.478 e. The van der Waals surface area contributed by atoms with Crippen LogP contribution < -0.4 is 0 Å². The minimum atomic E-state index is -0.931. The van der Waals surface area contributed by atoms with E-state index in [4.69, 9.17) is 5.11 Å². The van der Waals surface area contributed by atoms with Crippen molar-refractivity contribution in [1.82, 2.24) is 4.98 Å². The van der Waals surface area contributed by atoms with Crippen LogP contribution in [0.1, 0.15) is 10.6 Å². The fourth-order valence-electron chi connectivity index (χ4n) is 1.45. The number of aromatic nitrogens is 1. The summed E-state index contributed by atoms with van der Waals surface area (Å²) < 4.78 is 0. The van der Waals surface area contributed by atoms with E-state index in [1.807, 2.05) is 31.2 Å². The smallest absolute Gasteiger partial charge is 0.328 e. The topological polar surface area (TPSA) is 50.2 Å². The number of nitrogens with zero attached hydrogens (tertiary/aromatic N) is 1. The van der Waals surface area contributed by atoms with Crippen LogP contribution in [0.2, 0.25) is 0 Å². The fraction of sp³-hybridized carbons (Fsp3) is 0.0769. The summed E-state index contributed by atoms with van der Waals surface area (Å²) in [5, 5.41) is 8.54. The molecule has 0 saturated carbocycles. The summed E-state index contributed by atoms with van der Waals surface area (Å²) in [7, 11) is 0. The molecule has 2 heterocycles. The maximum Gasteiger partial charge on any atom is 0.328 e. The fourth-order valence-corrected chi connectivity index (χ4v) is 2.36. The molecule has 17 heavy (non-hydrogen) atoms. The third-order valence-corrected chi connectivity index (χ3v) is 3.30. The number of aliphatic carboxylic acids is 1. The van der Waals surface area contributed by atoms with Crippen molar-refractivity contribution in [3.63, 3.8) is 0 Å². The number of carbonyl (C=O) groups is 1. The van der Waals surface area contributed by atoms with Crippen LogP contribution in [-0.2, 0) is 4.79 Å². The molecule has 2 rings (SSSR count). The molecule has 0 bridgehead atoms. The van der Waals surface area contributed by atoms with Crippen molar-refractivity contribution in [2.24, 2.45) is 0 Å². The van der Waals surface area contributed by atoms with Crippen LogP contribution in [-0.4, -0.2) is 16.1 Å². The van der Waals surface area contributed by atoms with E-state index in [9.17, 15) is 4.79 Å². The monoisotopic (exact) mass is 245 g/mol. The average Bonchev–Trinajstić information content (AvgIpc) is 2.75. The van der Waals surface area contributed by atoms with Gasteiger partial charge in [-0.1, -0.05) is 0 Å². The van der Waals surface area contributed by atoms with E-state index in [2.05, 4.69) is 4.98 Å². The third-order valence-electron chi connectivity index (χ3n) is 2.20. The minimum absolute atomic E-state index is 0.928. The first kappa shape index (κ1) is 11.5. The number of aryl methyl sites for hydroxylation is 1. The Labute approximate surface area is 103 Å². The lowest BCUT2D eigenvalue weighted by atomic mass is 10.2. The third kappa shape index (κ3) is 3.01. The molecule has 2 aromatic rings.